The van der Waals surface area contributed by atoms with Gasteiger partial charge in [-0.3, -0.25) is 0 Å². The molecule has 0 spiro atoms. The van der Waals surface area contributed by atoms with Crippen molar-refractivity contribution >= 4 is 0 Å². The van der Waals surface area contributed by atoms with Crippen LogP contribution in [0.3, 0.4) is 0 Å². The first-order chi connectivity index (χ1) is 6.96. The summed E-state index contributed by atoms with van der Waals surface area (Å²) in [5.41, 5.74) is 2.02. The lowest BCUT2D eigenvalue weighted by Gasteiger charge is -2.11. The molecular weight excluding hydrogens is 205 g/mol. The second-order valence-corrected chi connectivity index (χ2v) is 3.84. The van der Waals surface area contributed by atoms with Crippen molar-refractivity contribution in [2.24, 2.45) is 0 Å². The van der Waals surface area contributed by atoms with Gasteiger partial charge in [-0.15, -0.1) is 13.2 Å². The Bertz CT molecular complexity index is 367. The van der Waals surface area contributed by atoms with E-state index in [4.69, 9.17) is 0 Å². The topological polar surface area (TPSA) is 9.23 Å². The first kappa shape index (κ1) is 10.3. The molecule has 0 aromatic heterocycles. The Kier molecular flexibility index (Phi) is 2.37. The zero-order chi connectivity index (χ0) is 11.1. The molecule has 2 rings (SSSR count). The maximum atomic E-state index is 12.0. The van der Waals surface area contributed by atoms with Gasteiger partial charge in [-0.1, -0.05) is 6.07 Å². The number of alkyl halides is 3. The minimum atomic E-state index is -4.60. The summed E-state index contributed by atoms with van der Waals surface area (Å²) in [6.07, 6.45) is -2.47. The summed E-state index contributed by atoms with van der Waals surface area (Å²) in [6, 6.07) is 4.53. The van der Waals surface area contributed by atoms with Gasteiger partial charge in [-0.05, 0) is 48.9 Å². The number of hydrogen-bond acceptors (Lipinski definition) is 1. The van der Waals surface area contributed by atoms with Gasteiger partial charge in [0.05, 0.1) is 0 Å². The predicted octanol–water partition coefficient (Wildman–Crippen LogP) is 3.77. The molecular formula is C11H11F3O. The molecule has 0 bridgehead atoms. The van der Waals surface area contributed by atoms with E-state index in [1.54, 1.807) is 6.07 Å². The lowest BCUT2D eigenvalue weighted by atomic mass is 10.0. The molecule has 0 saturated heterocycles. The Labute approximate surface area is 85.9 Å². The number of ether oxygens (including phenoxy) is 1. The number of benzene rings is 1. The molecule has 1 aliphatic rings. The maximum absolute atomic E-state index is 12.0. The third kappa shape index (κ3) is 2.64. The van der Waals surface area contributed by atoms with Crippen molar-refractivity contribution < 1.29 is 17.9 Å². The van der Waals surface area contributed by atoms with Gasteiger partial charge < -0.3 is 4.74 Å². The SMILES string of the molecule is Cc1ccc(OC(F)(F)F)cc1C1CC1. The van der Waals surface area contributed by atoms with E-state index in [1.165, 1.54) is 12.1 Å². The minimum absolute atomic E-state index is 0.116. The molecule has 0 unspecified atom stereocenters. The van der Waals surface area contributed by atoms with Crippen LogP contribution in [-0.4, -0.2) is 6.36 Å². The standard InChI is InChI=1S/C11H11F3O/c1-7-2-5-9(15-11(12,13)14)6-10(7)8-3-4-8/h2,5-6,8H,3-4H2,1H3. The van der Waals surface area contributed by atoms with Crippen molar-refractivity contribution in [2.45, 2.75) is 32.0 Å². The van der Waals surface area contributed by atoms with E-state index >= 15 is 0 Å². The van der Waals surface area contributed by atoms with E-state index in [9.17, 15) is 13.2 Å². The lowest BCUT2D eigenvalue weighted by Crippen LogP contribution is -2.17. The molecule has 4 heteroatoms. The van der Waals surface area contributed by atoms with Gasteiger partial charge in [0.2, 0.25) is 0 Å². The molecule has 1 aromatic carbocycles. The summed E-state index contributed by atoms with van der Waals surface area (Å²) in [7, 11) is 0. The highest BCUT2D eigenvalue weighted by molar-refractivity contribution is 5.39. The molecule has 1 nitrogen and oxygen atoms in total. The Balaban J connectivity index is 2.22. The quantitative estimate of drug-likeness (QED) is 0.731. The predicted molar refractivity (Wildman–Crippen MR) is 49.8 cm³/mol. The largest absolute Gasteiger partial charge is 0.573 e. The van der Waals surface area contributed by atoms with Crippen molar-refractivity contribution in [3.63, 3.8) is 0 Å². The lowest BCUT2D eigenvalue weighted by molar-refractivity contribution is -0.274. The maximum Gasteiger partial charge on any atom is 0.573 e. The number of halogens is 3. The smallest absolute Gasteiger partial charge is 0.406 e. The van der Waals surface area contributed by atoms with Crippen LogP contribution in [0.5, 0.6) is 5.75 Å². The Morgan fingerprint density at radius 1 is 1.27 bits per heavy atom. The summed E-state index contributed by atoms with van der Waals surface area (Å²) in [5, 5.41) is 0. The van der Waals surface area contributed by atoms with E-state index in [0.717, 1.165) is 24.0 Å². The fraction of sp³-hybridized carbons (Fsp3) is 0.455. The second kappa shape index (κ2) is 3.43. The van der Waals surface area contributed by atoms with Crippen LogP contribution in [0.4, 0.5) is 13.2 Å². The Hall–Kier alpha value is -1.19. The molecule has 0 heterocycles. The highest BCUT2D eigenvalue weighted by atomic mass is 19.4. The molecule has 1 aliphatic carbocycles. The molecule has 0 aliphatic heterocycles. The summed E-state index contributed by atoms with van der Waals surface area (Å²) in [4.78, 5) is 0. The van der Waals surface area contributed by atoms with E-state index in [2.05, 4.69) is 4.74 Å². The molecule has 1 fully saturated rings. The van der Waals surface area contributed by atoms with Crippen molar-refractivity contribution in [2.75, 3.05) is 0 Å². The summed E-state index contributed by atoms with van der Waals surface area (Å²) >= 11 is 0. The second-order valence-electron chi connectivity index (χ2n) is 3.84. The van der Waals surface area contributed by atoms with Gasteiger partial charge in [0, 0.05) is 0 Å². The van der Waals surface area contributed by atoms with Gasteiger partial charge in [-0.2, -0.15) is 0 Å². The Morgan fingerprint density at radius 3 is 2.47 bits per heavy atom. The van der Waals surface area contributed by atoms with Crippen LogP contribution in [0.1, 0.15) is 29.9 Å². The van der Waals surface area contributed by atoms with Crippen molar-refractivity contribution in [1.82, 2.24) is 0 Å². The first-order valence-corrected chi connectivity index (χ1v) is 4.82. The van der Waals surface area contributed by atoms with Crippen LogP contribution in [0.15, 0.2) is 18.2 Å². The average molecular weight is 216 g/mol. The highest BCUT2D eigenvalue weighted by Gasteiger charge is 2.32. The molecule has 0 N–H and O–H groups in total. The molecule has 0 atom stereocenters. The first-order valence-electron chi connectivity index (χ1n) is 4.82. The van der Waals surface area contributed by atoms with E-state index < -0.39 is 6.36 Å². The highest BCUT2D eigenvalue weighted by Crippen LogP contribution is 2.43. The monoisotopic (exact) mass is 216 g/mol. The molecule has 0 amide bonds. The van der Waals surface area contributed by atoms with Crippen LogP contribution >= 0.6 is 0 Å². The van der Waals surface area contributed by atoms with Gasteiger partial charge in [0.25, 0.3) is 0 Å². The van der Waals surface area contributed by atoms with Gasteiger partial charge >= 0.3 is 6.36 Å². The van der Waals surface area contributed by atoms with Crippen LogP contribution in [-0.2, 0) is 0 Å². The van der Waals surface area contributed by atoms with Gasteiger partial charge in [-0.25, -0.2) is 0 Å². The fourth-order valence-corrected chi connectivity index (χ4v) is 1.65. The van der Waals surface area contributed by atoms with E-state index in [-0.39, 0.29) is 5.75 Å². The van der Waals surface area contributed by atoms with Crippen LogP contribution in [0, 0.1) is 6.92 Å². The van der Waals surface area contributed by atoms with E-state index in [1.807, 2.05) is 6.92 Å². The molecule has 1 aromatic rings. The van der Waals surface area contributed by atoms with Gasteiger partial charge in [0.15, 0.2) is 0 Å². The number of hydrogen-bond donors (Lipinski definition) is 0. The van der Waals surface area contributed by atoms with Crippen molar-refractivity contribution in [3.05, 3.63) is 29.3 Å². The third-order valence-electron chi connectivity index (χ3n) is 2.50. The summed E-state index contributed by atoms with van der Waals surface area (Å²) in [6.45, 7) is 1.91. The minimum Gasteiger partial charge on any atom is -0.406 e. The fourth-order valence-electron chi connectivity index (χ4n) is 1.65. The third-order valence-corrected chi connectivity index (χ3v) is 2.50. The van der Waals surface area contributed by atoms with Crippen LogP contribution in [0.25, 0.3) is 0 Å². The normalized spacial score (nSPS) is 16.5. The zero-order valence-electron chi connectivity index (χ0n) is 8.27. The van der Waals surface area contributed by atoms with Gasteiger partial charge in [0.1, 0.15) is 5.75 Å². The number of rotatable bonds is 2. The van der Waals surface area contributed by atoms with Crippen LogP contribution < -0.4 is 4.74 Å². The zero-order valence-corrected chi connectivity index (χ0v) is 8.27. The molecule has 0 radical (unpaired) electrons. The summed E-state index contributed by atoms with van der Waals surface area (Å²) in [5.74, 6) is 0.316. The molecule has 1 saturated carbocycles. The average Bonchev–Trinajstić information content (AvgIpc) is 2.88. The number of aryl methyl sites for hydroxylation is 1. The Morgan fingerprint density at radius 2 is 1.93 bits per heavy atom. The van der Waals surface area contributed by atoms with Crippen molar-refractivity contribution in [1.29, 1.82) is 0 Å². The molecule has 82 valence electrons. The van der Waals surface area contributed by atoms with E-state index in [0.29, 0.717) is 5.92 Å². The van der Waals surface area contributed by atoms with Crippen LogP contribution in [0.2, 0.25) is 0 Å². The summed E-state index contributed by atoms with van der Waals surface area (Å²) < 4.78 is 39.8. The molecule has 15 heavy (non-hydrogen) atoms. The van der Waals surface area contributed by atoms with Crippen molar-refractivity contribution in [3.8, 4) is 5.75 Å².